The molecule has 1 unspecified atom stereocenters. The molecule has 0 rings (SSSR count). The number of carbonyl (C=O) groups excluding carboxylic acids is 1. The maximum Gasteiger partial charge on any atom is 0.328 e. The Morgan fingerprint density at radius 3 is 2.40 bits per heavy atom. The average molecular weight is 218 g/mol. The summed E-state index contributed by atoms with van der Waals surface area (Å²) < 4.78 is 0. The SMILES string of the molecule is CCNC(C)CC(=O)N[C@H](CO)C(=O)O. The Balaban J connectivity index is 3.96. The number of carboxylic acid groups (broad SMARTS) is 1. The smallest absolute Gasteiger partial charge is 0.328 e. The first-order valence-electron chi connectivity index (χ1n) is 4.87. The molecular formula is C9H18N2O4. The van der Waals surface area contributed by atoms with Gasteiger partial charge in [-0.2, -0.15) is 0 Å². The number of aliphatic carboxylic acids is 1. The summed E-state index contributed by atoms with van der Waals surface area (Å²) in [6.07, 6.45) is 0.192. The molecular weight excluding hydrogens is 200 g/mol. The van der Waals surface area contributed by atoms with Crippen molar-refractivity contribution in [2.75, 3.05) is 13.2 Å². The predicted molar refractivity (Wildman–Crippen MR) is 54.4 cm³/mol. The Morgan fingerprint density at radius 2 is 2.00 bits per heavy atom. The number of aliphatic hydroxyl groups is 1. The van der Waals surface area contributed by atoms with Crippen molar-refractivity contribution in [2.24, 2.45) is 0 Å². The van der Waals surface area contributed by atoms with E-state index in [1.165, 1.54) is 0 Å². The van der Waals surface area contributed by atoms with E-state index in [-0.39, 0.29) is 18.4 Å². The Kier molecular flexibility index (Phi) is 6.64. The minimum atomic E-state index is -1.23. The van der Waals surface area contributed by atoms with Crippen LogP contribution in [0.4, 0.5) is 0 Å². The van der Waals surface area contributed by atoms with E-state index in [9.17, 15) is 9.59 Å². The number of amides is 1. The van der Waals surface area contributed by atoms with Gasteiger partial charge in [-0.1, -0.05) is 6.92 Å². The second-order valence-corrected chi connectivity index (χ2v) is 3.30. The molecule has 0 saturated heterocycles. The van der Waals surface area contributed by atoms with Crippen molar-refractivity contribution in [1.29, 1.82) is 0 Å². The summed E-state index contributed by atoms with van der Waals surface area (Å²) in [5.41, 5.74) is 0. The quantitative estimate of drug-likeness (QED) is 0.436. The first-order valence-corrected chi connectivity index (χ1v) is 4.87. The fourth-order valence-corrected chi connectivity index (χ4v) is 1.14. The fraction of sp³-hybridized carbons (Fsp3) is 0.778. The third-order valence-electron chi connectivity index (χ3n) is 1.86. The van der Waals surface area contributed by atoms with Crippen molar-refractivity contribution in [3.05, 3.63) is 0 Å². The molecule has 0 aromatic rings. The molecule has 0 spiro atoms. The highest BCUT2D eigenvalue weighted by Crippen LogP contribution is 1.92. The van der Waals surface area contributed by atoms with E-state index in [1.54, 1.807) is 0 Å². The standard InChI is InChI=1S/C9H18N2O4/c1-3-10-6(2)4-8(13)11-7(5-12)9(14)15/h6-7,10,12H,3-5H2,1-2H3,(H,11,13)(H,14,15)/t6?,7-/m1/s1. The zero-order valence-electron chi connectivity index (χ0n) is 8.99. The zero-order chi connectivity index (χ0) is 11.8. The molecule has 0 bridgehead atoms. The molecule has 0 aliphatic rings. The number of rotatable bonds is 7. The molecule has 0 heterocycles. The minimum absolute atomic E-state index is 0.0110. The zero-order valence-corrected chi connectivity index (χ0v) is 8.99. The summed E-state index contributed by atoms with van der Waals surface area (Å²) in [7, 11) is 0. The highest BCUT2D eigenvalue weighted by Gasteiger charge is 2.19. The number of carboxylic acids is 1. The Labute approximate surface area is 88.7 Å². The van der Waals surface area contributed by atoms with Gasteiger partial charge in [-0.3, -0.25) is 4.79 Å². The maximum absolute atomic E-state index is 11.3. The van der Waals surface area contributed by atoms with Gasteiger partial charge in [-0.05, 0) is 13.5 Å². The van der Waals surface area contributed by atoms with Gasteiger partial charge in [0.05, 0.1) is 6.61 Å². The van der Waals surface area contributed by atoms with Gasteiger partial charge in [-0.25, -0.2) is 4.79 Å². The molecule has 88 valence electrons. The molecule has 0 radical (unpaired) electrons. The lowest BCUT2D eigenvalue weighted by Crippen LogP contribution is -2.45. The Morgan fingerprint density at radius 1 is 1.40 bits per heavy atom. The van der Waals surface area contributed by atoms with Gasteiger partial charge in [0.1, 0.15) is 6.04 Å². The number of carbonyl (C=O) groups is 2. The number of nitrogens with one attached hydrogen (secondary N) is 2. The molecule has 15 heavy (non-hydrogen) atoms. The van der Waals surface area contributed by atoms with Crippen LogP contribution >= 0.6 is 0 Å². The summed E-state index contributed by atoms with van der Waals surface area (Å²) >= 11 is 0. The lowest BCUT2D eigenvalue weighted by Gasteiger charge is -2.15. The van der Waals surface area contributed by atoms with Crippen LogP contribution in [0.25, 0.3) is 0 Å². The van der Waals surface area contributed by atoms with Gasteiger partial charge in [0.2, 0.25) is 5.91 Å². The first kappa shape index (κ1) is 13.9. The second-order valence-electron chi connectivity index (χ2n) is 3.30. The molecule has 0 aliphatic carbocycles. The molecule has 2 atom stereocenters. The van der Waals surface area contributed by atoms with Gasteiger partial charge in [-0.15, -0.1) is 0 Å². The van der Waals surface area contributed by atoms with Crippen molar-refractivity contribution in [2.45, 2.75) is 32.4 Å². The van der Waals surface area contributed by atoms with E-state index >= 15 is 0 Å². The first-order chi connectivity index (χ1) is 7.01. The Hall–Kier alpha value is -1.14. The molecule has 0 saturated carbocycles. The van der Waals surface area contributed by atoms with Crippen molar-refractivity contribution in [3.8, 4) is 0 Å². The number of hydrogen-bond acceptors (Lipinski definition) is 4. The molecule has 1 amide bonds. The molecule has 0 aliphatic heterocycles. The van der Waals surface area contributed by atoms with Crippen LogP contribution in [-0.2, 0) is 9.59 Å². The van der Waals surface area contributed by atoms with E-state index < -0.39 is 18.6 Å². The van der Waals surface area contributed by atoms with Crippen LogP contribution in [0.3, 0.4) is 0 Å². The van der Waals surface area contributed by atoms with Gasteiger partial charge < -0.3 is 20.8 Å². The van der Waals surface area contributed by atoms with Crippen molar-refractivity contribution in [3.63, 3.8) is 0 Å². The third-order valence-corrected chi connectivity index (χ3v) is 1.86. The van der Waals surface area contributed by atoms with Crippen LogP contribution in [0, 0.1) is 0 Å². The van der Waals surface area contributed by atoms with Crippen LogP contribution in [0.5, 0.6) is 0 Å². The van der Waals surface area contributed by atoms with Crippen LogP contribution < -0.4 is 10.6 Å². The van der Waals surface area contributed by atoms with Gasteiger partial charge in [0.25, 0.3) is 0 Å². The average Bonchev–Trinajstić information content (AvgIpc) is 2.13. The minimum Gasteiger partial charge on any atom is -0.480 e. The molecule has 0 aromatic heterocycles. The van der Waals surface area contributed by atoms with Crippen molar-refractivity contribution < 1.29 is 19.8 Å². The van der Waals surface area contributed by atoms with Crippen LogP contribution in [0.1, 0.15) is 20.3 Å². The lowest BCUT2D eigenvalue weighted by molar-refractivity contribution is -0.143. The summed E-state index contributed by atoms with van der Waals surface area (Å²) in [4.78, 5) is 21.8. The summed E-state index contributed by atoms with van der Waals surface area (Å²) in [6, 6.07) is -1.23. The summed E-state index contributed by atoms with van der Waals surface area (Å²) in [6.45, 7) is 3.90. The van der Waals surface area contributed by atoms with Crippen LogP contribution in [0.15, 0.2) is 0 Å². The highest BCUT2D eigenvalue weighted by molar-refractivity contribution is 5.83. The Bertz CT molecular complexity index is 220. The monoisotopic (exact) mass is 218 g/mol. The second kappa shape index (κ2) is 7.19. The van der Waals surface area contributed by atoms with Gasteiger partial charge >= 0.3 is 5.97 Å². The van der Waals surface area contributed by atoms with Crippen LogP contribution in [0.2, 0.25) is 0 Å². The lowest BCUT2D eigenvalue weighted by atomic mass is 10.2. The van der Waals surface area contributed by atoms with E-state index in [4.69, 9.17) is 10.2 Å². The maximum atomic E-state index is 11.3. The van der Waals surface area contributed by atoms with Crippen molar-refractivity contribution in [1.82, 2.24) is 10.6 Å². The number of aliphatic hydroxyl groups excluding tert-OH is 1. The van der Waals surface area contributed by atoms with E-state index in [1.807, 2.05) is 13.8 Å². The van der Waals surface area contributed by atoms with Crippen LogP contribution in [-0.4, -0.2) is 47.3 Å². The molecule has 6 heteroatoms. The fourth-order valence-electron chi connectivity index (χ4n) is 1.14. The highest BCUT2D eigenvalue weighted by atomic mass is 16.4. The topological polar surface area (TPSA) is 98.7 Å². The molecule has 0 aromatic carbocycles. The van der Waals surface area contributed by atoms with Gasteiger partial charge in [0.15, 0.2) is 0 Å². The molecule has 6 nitrogen and oxygen atoms in total. The molecule has 0 fully saturated rings. The van der Waals surface area contributed by atoms with E-state index in [0.717, 1.165) is 6.54 Å². The predicted octanol–water partition coefficient (Wildman–Crippen LogP) is -1.06. The van der Waals surface area contributed by atoms with Crippen molar-refractivity contribution >= 4 is 11.9 Å². The summed E-state index contributed by atoms with van der Waals surface area (Å²) in [5, 5.41) is 22.5. The number of hydrogen-bond donors (Lipinski definition) is 4. The van der Waals surface area contributed by atoms with Gasteiger partial charge in [0, 0.05) is 12.5 Å². The largest absolute Gasteiger partial charge is 0.480 e. The van der Waals surface area contributed by atoms with E-state index in [2.05, 4.69) is 10.6 Å². The summed E-state index contributed by atoms with van der Waals surface area (Å²) in [5.74, 6) is -1.62. The third kappa shape index (κ3) is 6.03. The molecule has 4 N–H and O–H groups in total. The van der Waals surface area contributed by atoms with E-state index in [0.29, 0.717) is 0 Å². The normalized spacial score (nSPS) is 14.3.